The summed E-state index contributed by atoms with van der Waals surface area (Å²) in [5.74, 6) is 0.855. The van der Waals surface area contributed by atoms with Crippen LogP contribution in [0.5, 0.6) is 5.75 Å². The summed E-state index contributed by atoms with van der Waals surface area (Å²) in [6.07, 6.45) is 0.997. The highest BCUT2D eigenvalue weighted by Gasteiger charge is 2.16. The van der Waals surface area contributed by atoms with Crippen molar-refractivity contribution in [3.05, 3.63) is 29.8 Å². The topological polar surface area (TPSA) is 71.3 Å². The molecule has 1 fully saturated rings. The Kier molecular flexibility index (Phi) is 4.76. The first-order valence-corrected chi connectivity index (χ1v) is 6.25. The van der Waals surface area contributed by atoms with Crippen LogP contribution in [-0.4, -0.2) is 32.3 Å². The van der Waals surface area contributed by atoms with Gasteiger partial charge in [-0.05, 0) is 30.7 Å². The smallest absolute Gasteiger partial charge is 0.257 e. The molecular formula is C14H16N2O3. The standard InChI is InChI=1S/C14H16N2O3/c15-7-11-1-3-13(4-2-11)19-10-14(17)16-8-12-5-6-18-9-12/h1-4,12H,5-6,8-10H2,(H,16,17). The first kappa shape index (κ1) is 13.4. The van der Waals surface area contributed by atoms with Crippen molar-refractivity contribution in [2.45, 2.75) is 6.42 Å². The van der Waals surface area contributed by atoms with E-state index in [9.17, 15) is 4.79 Å². The Balaban J connectivity index is 1.69. The highest BCUT2D eigenvalue weighted by Crippen LogP contribution is 2.12. The van der Waals surface area contributed by atoms with Crippen LogP contribution in [0.4, 0.5) is 0 Å². The molecule has 1 aromatic carbocycles. The van der Waals surface area contributed by atoms with Gasteiger partial charge >= 0.3 is 0 Å². The summed E-state index contributed by atoms with van der Waals surface area (Å²) in [5.41, 5.74) is 0.568. The second-order valence-electron chi connectivity index (χ2n) is 4.46. The molecule has 1 aromatic rings. The average molecular weight is 260 g/mol. The predicted octanol–water partition coefficient (Wildman–Crippen LogP) is 1.09. The molecule has 1 atom stereocenters. The van der Waals surface area contributed by atoms with Crippen LogP contribution in [0.2, 0.25) is 0 Å². The van der Waals surface area contributed by atoms with E-state index in [4.69, 9.17) is 14.7 Å². The van der Waals surface area contributed by atoms with Gasteiger partial charge in [0, 0.05) is 19.1 Å². The monoisotopic (exact) mass is 260 g/mol. The Labute approximate surface area is 112 Å². The number of benzene rings is 1. The van der Waals surface area contributed by atoms with E-state index in [1.54, 1.807) is 24.3 Å². The largest absolute Gasteiger partial charge is 0.484 e. The Hall–Kier alpha value is -2.06. The van der Waals surface area contributed by atoms with E-state index in [0.717, 1.165) is 19.6 Å². The summed E-state index contributed by atoms with van der Waals surface area (Å²) < 4.78 is 10.6. The number of carbonyl (C=O) groups is 1. The molecule has 0 saturated carbocycles. The van der Waals surface area contributed by atoms with E-state index < -0.39 is 0 Å². The van der Waals surface area contributed by atoms with Gasteiger partial charge in [0.25, 0.3) is 5.91 Å². The van der Waals surface area contributed by atoms with Crippen LogP contribution in [0.3, 0.4) is 0 Å². The van der Waals surface area contributed by atoms with Gasteiger partial charge in [0.1, 0.15) is 5.75 Å². The van der Waals surface area contributed by atoms with E-state index in [1.165, 1.54) is 0 Å². The van der Waals surface area contributed by atoms with Crippen LogP contribution in [0, 0.1) is 17.2 Å². The molecule has 1 aliphatic heterocycles. The fourth-order valence-corrected chi connectivity index (χ4v) is 1.83. The third-order valence-corrected chi connectivity index (χ3v) is 2.97. The molecule has 0 radical (unpaired) electrons. The fourth-order valence-electron chi connectivity index (χ4n) is 1.83. The van der Waals surface area contributed by atoms with Crippen LogP contribution >= 0.6 is 0 Å². The molecule has 19 heavy (non-hydrogen) atoms. The second-order valence-corrected chi connectivity index (χ2v) is 4.46. The molecule has 1 amide bonds. The molecule has 0 aromatic heterocycles. The third kappa shape index (κ3) is 4.27. The minimum atomic E-state index is -0.142. The lowest BCUT2D eigenvalue weighted by Gasteiger charge is -2.10. The predicted molar refractivity (Wildman–Crippen MR) is 68.6 cm³/mol. The average Bonchev–Trinajstić information content (AvgIpc) is 2.96. The molecule has 0 bridgehead atoms. The minimum Gasteiger partial charge on any atom is -0.484 e. The molecule has 0 aliphatic carbocycles. The third-order valence-electron chi connectivity index (χ3n) is 2.97. The number of amides is 1. The molecule has 1 aliphatic rings. The van der Waals surface area contributed by atoms with E-state index in [0.29, 0.717) is 23.8 Å². The van der Waals surface area contributed by atoms with Crippen molar-refractivity contribution in [1.29, 1.82) is 5.26 Å². The number of carbonyl (C=O) groups excluding carboxylic acids is 1. The molecule has 1 N–H and O–H groups in total. The fraction of sp³-hybridized carbons (Fsp3) is 0.429. The van der Waals surface area contributed by atoms with Gasteiger partial charge in [0.05, 0.1) is 18.2 Å². The summed E-state index contributed by atoms with van der Waals surface area (Å²) in [6.45, 7) is 2.12. The van der Waals surface area contributed by atoms with Crippen LogP contribution in [-0.2, 0) is 9.53 Å². The molecule has 1 unspecified atom stereocenters. The lowest BCUT2D eigenvalue weighted by molar-refractivity contribution is -0.123. The van der Waals surface area contributed by atoms with Crippen molar-refractivity contribution in [3.63, 3.8) is 0 Å². The number of nitrogens with one attached hydrogen (secondary N) is 1. The first-order valence-electron chi connectivity index (χ1n) is 6.25. The van der Waals surface area contributed by atoms with Gasteiger partial charge in [-0.15, -0.1) is 0 Å². The van der Waals surface area contributed by atoms with Crippen molar-refractivity contribution in [2.24, 2.45) is 5.92 Å². The molecular weight excluding hydrogens is 244 g/mol. The van der Waals surface area contributed by atoms with Crippen molar-refractivity contribution < 1.29 is 14.3 Å². The van der Waals surface area contributed by atoms with Crippen molar-refractivity contribution in [1.82, 2.24) is 5.32 Å². The van der Waals surface area contributed by atoms with Crippen LogP contribution in [0.25, 0.3) is 0 Å². The Bertz CT molecular complexity index is 459. The SMILES string of the molecule is N#Cc1ccc(OCC(=O)NCC2CCOC2)cc1. The molecule has 5 heteroatoms. The van der Waals surface area contributed by atoms with E-state index >= 15 is 0 Å². The Morgan fingerprint density at radius 1 is 1.47 bits per heavy atom. The molecule has 5 nitrogen and oxygen atoms in total. The first-order chi connectivity index (χ1) is 9.28. The van der Waals surface area contributed by atoms with E-state index in [-0.39, 0.29) is 12.5 Å². The van der Waals surface area contributed by atoms with Gasteiger partial charge in [-0.1, -0.05) is 0 Å². The van der Waals surface area contributed by atoms with Gasteiger partial charge in [-0.3, -0.25) is 4.79 Å². The quantitative estimate of drug-likeness (QED) is 0.860. The summed E-state index contributed by atoms with van der Waals surface area (Å²) in [4.78, 5) is 11.6. The maximum absolute atomic E-state index is 11.6. The zero-order valence-electron chi connectivity index (χ0n) is 10.6. The second kappa shape index (κ2) is 6.76. The van der Waals surface area contributed by atoms with E-state index in [1.807, 2.05) is 6.07 Å². The zero-order chi connectivity index (χ0) is 13.5. The Morgan fingerprint density at radius 2 is 2.26 bits per heavy atom. The van der Waals surface area contributed by atoms with E-state index in [2.05, 4.69) is 5.32 Å². The van der Waals surface area contributed by atoms with Crippen molar-refractivity contribution in [2.75, 3.05) is 26.4 Å². The molecule has 100 valence electrons. The van der Waals surface area contributed by atoms with Crippen LogP contribution < -0.4 is 10.1 Å². The molecule has 1 saturated heterocycles. The number of hydrogen-bond donors (Lipinski definition) is 1. The van der Waals surface area contributed by atoms with Gasteiger partial charge in [-0.25, -0.2) is 0 Å². The number of ether oxygens (including phenoxy) is 2. The van der Waals surface area contributed by atoms with Crippen LogP contribution in [0.1, 0.15) is 12.0 Å². The summed E-state index contributed by atoms with van der Waals surface area (Å²) >= 11 is 0. The lowest BCUT2D eigenvalue weighted by atomic mass is 10.1. The maximum Gasteiger partial charge on any atom is 0.257 e. The van der Waals surface area contributed by atoms with Crippen LogP contribution in [0.15, 0.2) is 24.3 Å². The molecule has 0 spiro atoms. The number of hydrogen-bond acceptors (Lipinski definition) is 4. The zero-order valence-corrected chi connectivity index (χ0v) is 10.6. The minimum absolute atomic E-state index is 0.0144. The number of rotatable bonds is 5. The highest BCUT2D eigenvalue weighted by molar-refractivity contribution is 5.77. The molecule has 2 rings (SSSR count). The number of nitrogens with zero attached hydrogens (tertiary/aromatic N) is 1. The van der Waals surface area contributed by atoms with Gasteiger partial charge < -0.3 is 14.8 Å². The number of nitriles is 1. The Morgan fingerprint density at radius 3 is 2.89 bits per heavy atom. The lowest BCUT2D eigenvalue weighted by Crippen LogP contribution is -2.33. The maximum atomic E-state index is 11.6. The van der Waals surface area contributed by atoms with Gasteiger partial charge in [0.2, 0.25) is 0 Å². The normalized spacial score (nSPS) is 17.7. The van der Waals surface area contributed by atoms with Gasteiger partial charge in [-0.2, -0.15) is 5.26 Å². The van der Waals surface area contributed by atoms with Gasteiger partial charge in [0.15, 0.2) is 6.61 Å². The van der Waals surface area contributed by atoms with Crippen molar-refractivity contribution in [3.8, 4) is 11.8 Å². The summed E-state index contributed by atoms with van der Waals surface area (Å²) in [5, 5.41) is 11.5. The highest BCUT2D eigenvalue weighted by atomic mass is 16.5. The molecule has 1 heterocycles. The summed E-state index contributed by atoms with van der Waals surface area (Å²) in [6, 6.07) is 8.69. The van der Waals surface area contributed by atoms with Crippen molar-refractivity contribution >= 4 is 5.91 Å². The summed E-state index contributed by atoms with van der Waals surface area (Å²) in [7, 11) is 0.